The van der Waals surface area contributed by atoms with Crippen molar-refractivity contribution in [1.29, 1.82) is 0 Å². The van der Waals surface area contributed by atoms with Gasteiger partial charge in [0.1, 0.15) is 4.90 Å². The molecule has 0 amide bonds. The van der Waals surface area contributed by atoms with Crippen molar-refractivity contribution in [2.24, 2.45) is 0 Å². The fourth-order valence-electron chi connectivity index (χ4n) is 1.40. The van der Waals surface area contributed by atoms with Gasteiger partial charge in [-0.1, -0.05) is 12.1 Å². The summed E-state index contributed by atoms with van der Waals surface area (Å²) in [7, 11) is -3.62. The van der Waals surface area contributed by atoms with E-state index in [0.29, 0.717) is 9.47 Å². The zero-order valence-electron chi connectivity index (χ0n) is 9.43. The highest BCUT2D eigenvalue weighted by molar-refractivity contribution is 9.12. The van der Waals surface area contributed by atoms with Crippen LogP contribution in [0.5, 0.6) is 0 Å². The fraction of sp³-hybridized carbons (Fsp3) is 0.0909. The van der Waals surface area contributed by atoms with Crippen molar-refractivity contribution < 1.29 is 13.5 Å². The highest BCUT2D eigenvalue weighted by atomic mass is 79.9. The lowest BCUT2D eigenvalue weighted by Crippen LogP contribution is -2.12. The van der Waals surface area contributed by atoms with Crippen LogP contribution in [0.25, 0.3) is 0 Å². The minimum atomic E-state index is -3.62. The van der Waals surface area contributed by atoms with Gasteiger partial charge in [-0.25, -0.2) is 8.42 Å². The molecule has 0 atom stereocenters. The summed E-state index contributed by atoms with van der Waals surface area (Å²) in [5.74, 6) is 0. The molecule has 1 aromatic heterocycles. The molecule has 19 heavy (non-hydrogen) atoms. The molecule has 2 rings (SSSR count). The number of halogens is 2. The van der Waals surface area contributed by atoms with Gasteiger partial charge < -0.3 is 5.11 Å². The molecule has 0 saturated carbocycles. The van der Waals surface area contributed by atoms with E-state index in [9.17, 15) is 8.42 Å². The minimum absolute atomic E-state index is 0.0734. The monoisotopic (exact) mass is 425 g/mol. The fourth-order valence-corrected chi connectivity index (χ4v) is 6.27. The van der Waals surface area contributed by atoms with Gasteiger partial charge >= 0.3 is 0 Å². The molecule has 2 aromatic rings. The predicted octanol–water partition coefficient (Wildman–Crippen LogP) is 3.57. The van der Waals surface area contributed by atoms with Crippen LogP contribution in [0, 0.1) is 0 Å². The molecule has 0 bridgehead atoms. The summed E-state index contributed by atoms with van der Waals surface area (Å²) in [6.45, 7) is -0.0734. The molecular weight excluding hydrogens is 418 g/mol. The van der Waals surface area contributed by atoms with E-state index in [0.717, 1.165) is 9.35 Å². The Labute approximate surface area is 131 Å². The van der Waals surface area contributed by atoms with E-state index in [4.69, 9.17) is 5.11 Å². The number of benzene rings is 1. The van der Waals surface area contributed by atoms with E-state index in [1.54, 1.807) is 30.3 Å². The average Bonchev–Trinajstić information content (AvgIpc) is 2.70. The zero-order chi connectivity index (χ0) is 14.0. The Bertz CT molecular complexity index is 680. The molecule has 0 aliphatic carbocycles. The van der Waals surface area contributed by atoms with Gasteiger partial charge in [0.25, 0.3) is 10.0 Å². The number of rotatable bonds is 4. The standard InChI is InChI=1S/C11H9Br2NO3S2/c12-10-5-9(11(13)18-10)19(16,17)14-8-3-1-7(6-15)2-4-8/h1-5,14-15H,6H2. The van der Waals surface area contributed by atoms with Crippen LogP contribution in [-0.4, -0.2) is 13.5 Å². The number of hydrogen-bond donors (Lipinski definition) is 2. The number of sulfonamides is 1. The Kier molecular flexibility index (Phi) is 4.67. The van der Waals surface area contributed by atoms with Gasteiger partial charge in [-0.2, -0.15) is 0 Å². The van der Waals surface area contributed by atoms with Gasteiger partial charge in [0.15, 0.2) is 0 Å². The molecular formula is C11H9Br2NO3S2. The molecule has 1 heterocycles. The van der Waals surface area contributed by atoms with E-state index in [-0.39, 0.29) is 11.5 Å². The van der Waals surface area contributed by atoms with Crippen molar-refractivity contribution in [3.63, 3.8) is 0 Å². The van der Waals surface area contributed by atoms with E-state index in [1.165, 1.54) is 11.3 Å². The van der Waals surface area contributed by atoms with Gasteiger partial charge in [-0.05, 0) is 55.6 Å². The first-order valence-electron chi connectivity index (χ1n) is 5.10. The number of hydrogen-bond acceptors (Lipinski definition) is 4. The van der Waals surface area contributed by atoms with Gasteiger partial charge in [0.2, 0.25) is 0 Å². The molecule has 0 fully saturated rings. The first kappa shape index (κ1) is 15.0. The average molecular weight is 427 g/mol. The summed E-state index contributed by atoms with van der Waals surface area (Å²) in [5.41, 5.74) is 1.17. The third-order valence-corrected chi connectivity index (χ3v) is 6.44. The largest absolute Gasteiger partial charge is 0.392 e. The molecule has 1 aromatic carbocycles. The van der Waals surface area contributed by atoms with Crippen LogP contribution in [0.15, 0.2) is 42.8 Å². The number of nitrogens with one attached hydrogen (secondary N) is 1. The summed E-state index contributed by atoms with van der Waals surface area (Å²) < 4.78 is 28.1. The Hall–Kier alpha value is -0.410. The molecule has 0 saturated heterocycles. The minimum Gasteiger partial charge on any atom is -0.392 e. The molecule has 0 spiro atoms. The Morgan fingerprint density at radius 2 is 1.84 bits per heavy atom. The highest BCUT2D eigenvalue weighted by Gasteiger charge is 2.20. The van der Waals surface area contributed by atoms with Crippen molar-refractivity contribution in [3.8, 4) is 0 Å². The predicted molar refractivity (Wildman–Crippen MR) is 82.9 cm³/mol. The second-order valence-electron chi connectivity index (χ2n) is 3.65. The Morgan fingerprint density at radius 1 is 1.21 bits per heavy atom. The summed E-state index contributed by atoms with van der Waals surface area (Å²) in [6.07, 6.45) is 0. The summed E-state index contributed by atoms with van der Waals surface area (Å²) in [6, 6.07) is 8.09. The first-order valence-corrected chi connectivity index (χ1v) is 8.98. The smallest absolute Gasteiger partial charge is 0.263 e. The zero-order valence-corrected chi connectivity index (χ0v) is 14.2. The molecule has 102 valence electrons. The van der Waals surface area contributed by atoms with Crippen LogP contribution >= 0.6 is 43.2 Å². The topological polar surface area (TPSA) is 66.4 Å². The highest BCUT2D eigenvalue weighted by Crippen LogP contribution is 2.35. The number of aliphatic hydroxyl groups excluding tert-OH is 1. The number of anilines is 1. The Morgan fingerprint density at radius 3 is 2.32 bits per heavy atom. The molecule has 8 heteroatoms. The van der Waals surface area contributed by atoms with E-state index < -0.39 is 10.0 Å². The Balaban J connectivity index is 2.28. The third kappa shape index (κ3) is 3.57. The summed E-state index contributed by atoms with van der Waals surface area (Å²) in [5, 5.41) is 8.93. The quantitative estimate of drug-likeness (QED) is 0.785. The maximum Gasteiger partial charge on any atom is 0.263 e. The SMILES string of the molecule is O=S(=O)(Nc1ccc(CO)cc1)c1cc(Br)sc1Br. The molecule has 0 aliphatic rings. The van der Waals surface area contributed by atoms with Crippen LogP contribution < -0.4 is 4.72 Å². The lowest BCUT2D eigenvalue weighted by atomic mass is 10.2. The lowest BCUT2D eigenvalue weighted by molar-refractivity contribution is 0.282. The molecule has 4 nitrogen and oxygen atoms in total. The maximum absolute atomic E-state index is 12.2. The van der Waals surface area contributed by atoms with Crippen molar-refractivity contribution in [3.05, 3.63) is 43.5 Å². The maximum atomic E-state index is 12.2. The van der Waals surface area contributed by atoms with Crippen LogP contribution in [0.4, 0.5) is 5.69 Å². The molecule has 0 unspecified atom stereocenters. The van der Waals surface area contributed by atoms with Gasteiger partial charge in [-0.3, -0.25) is 4.72 Å². The first-order chi connectivity index (χ1) is 8.92. The van der Waals surface area contributed by atoms with Crippen LogP contribution in [0.1, 0.15) is 5.56 Å². The molecule has 0 aliphatic heterocycles. The second kappa shape index (κ2) is 5.92. The second-order valence-corrected chi connectivity index (χ2v) is 9.05. The summed E-state index contributed by atoms with van der Waals surface area (Å²) in [4.78, 5) is 0.190. The number of thiophene rings is 1. The van der Waals surface area contributed by atoms with Crippen LogP contribution in [0.2, 0.25) is 0 Å². The van der Waals surface area contributed by atoms with Crippen molar-refractivity contribution >= 4 is 58.9 Å². The van der Waals surface area contributed by atoms with E-state index in [2.05, 4.69) is 36.6 Å². The van der Waals surface area contributed by atoms with Crippen molar-refractivity contribution in [1.82, 2.24) is 0 Å². The normalized spacial score (nSPS) is 11.5. The van der Waals surface area contributed by atoms with Crippen molar-refractivity contribution in [2.45, 2.75) is 11.5 Å². The van der Waals surface area contributed by atoms with Crippen LogP contribution in [0.3, 0.4) is 0 Å². The van der Waals surface area contributed by atoms with E-state index >= 15 is 0 Å². The third-order valence-electron chi connectivity index (χ3n) is 2.30. The van der Waals surface area contributed by atoms with Gasteiger partial charge in [-0.15, -0.1) is 11.3 Å². The molecule has 0 radical (unpaired) electrons. The molecule has 2 N–H and O–H groups in total. The van der Waals surface area contributed by atoms with Gasteiger partial charge in [0, 0.05) is 5.69 Å². The summed E-state index contributed by atoms with van der Waals surface area (Å²) >= 11 is 7.77. The number of aliphatic hydroxyl groups is 1. The lowest BCUT2D eigenvalue weighted by Gasteiger charge is -2.07. The van der Waals surface area contributed by atoms with Crippen LogP contribution in [-0.2, 0) is 16.6 Å². The van der Waals surface area contributed by atoms with Crippen molar-refractivity contribution in [2.75, 3.05) is 4.72 Å². The van der Waals surface area contributed by atoms with Gasteiger partial charge in [0.05, 0.1) is 14.2 Å². The van der Waals surface area contributed by atoms with E-state index in [1.807, 2.05) is 0 Å².